The molecule has 0 aromatic heterocycles. The first-order chi connectivity index (χ1) is 9.99. The molecule has 0 aromatic carbocycles. The third kappa shape index (κ3) is 8.02. The Hall–Kier alpha value is -1.14. The standard InChI is InChI=1S/C15H29N3O3/c1-16(2)10-11-17(13-15(20)21)12-14(19)18-8-6-4-3-5-7-9-18/h3-13H2,1-2H3,(H,20,21). The maximum absolute atomic E-state index is 12.4. The monoisotopic (exact) mass is 299 g/mol. The molecule has 0 spiro atoms. The molecule has 1 amide bonds. The lowest BCUT2D eigenvalue weighted by molar-refractivity contribution is -0.139. The van der Waals surface area contributed by atoms with Crippen LogP contribution in [-0.2, 0) is 9.59 Å². The van der Waals surface area contributed by atoms with Crippen LogP contribution in [0.2, 0.25) is 0 Å². The number of likely N-dealkylation sites (tertiary alicyclic amines) is 1. The molecule has 6 heteroatoms. The molecule has 0 aromatic rings. The molecule has 6 nitrogen and oxygen atoms in total. The van der Waals surface area contributed by atoms with Crippen molar-refractivity contribution in [3.8, 4) is 0 Å². The lowest BCUT2D eigenvalue weighted by Gasteiger charge is -2.28. The van der Waals surface area contributed by atoms with Gasteiger partial charge in [-0.2, -0.15) is 0 Å². The van der Waals surface area contributed by atoms with Gasteiger partial charge in [0.2, 0.25) is 5.91 Å². The van der Waals surface area contributed by atoms with Gasteiger partial charge in [-0.05, 0) is 26.9 Å². The molecule has 0 radical (unpaired) electrons. The first-order valence-electron chi connectivity index (χ1n) is 7.85. The number of likely N-dealkylation sites (N-methyl/N-ethyl adjacent to an activating group) is 1. The van der Waals surface area contributed by atoms with Gasteiger partial charge in [-0.15, -0.1) is 0 Å². The van der Waals surface area contributed by atoms with Crippen LogP contribution in [0.1, 0.15) is 32.1 Å². The summed E-state index contributed by atoms with van der Waals surface area (Å²) in [4.78, 5) is 28.9. The van der Waals surface area contributed by atoms with Crippen LogP contribution < -0.4 is 0 Å². The molecule has 1 aliphatic rings. The summed E-state index contributed by atoms with van der Waals surface area (Å²) in [7, 11) is 3.89. The van der Waals surface area contributed by atoms with Crippen LogP contribution >= 0.6 is 0 Å². The van der Waals surface area contributed by atoms with Gasteiger partial charge in [0.1, 0.15) is 0 Å². The summed E-state index contributed by atoms with van der Waals surface area (Å²) in [6.45, 7) is 3.11. The van der Waals surface area contributed by atoms with E-state index in [2.05, 4.69) is 0 Å². The predicted molar refractivity (Wildman–Crippen MR) is 82.3 cm³/mol. The quantitative estimate of drug-likeness (QED) is 0.751. The van der Waals surface area contributed by atoms with Crippen molar-refractivity contribution in [2.45, 2.75) is 32.1 Å². The molecule has 1 fully saturated rings. The van der Waals surface area contributed by atoms with Crippen LogP contribution in [0.5, 0.6) is 0 Å². The molecule has 0 aliphatic carbocycles. The van der Waals surface area contributed by atoms with Crippen LogP contribution in [0.4, 0.5) is 0 Å². The van der Waals surface area contributed by atoms with E-state index in [-0.39, 0.29) is 19.0 Å². The fourth-order valence-corrected chi connectivity index (χ4v) is 2.53. The summed E-state index contributed by atoms with van der Waals surface area (Å²) >= 11 is 0. The lowest BCUT2D eigenvalue weighted by Crippen LogP contribution is -2.45. The number of carbonyl (C=O) groups excluding carboxylic acids is 1. The minimum Gasteiger partial charge on any atom is -0.480 e. The Morgan fingerprint density at radius 2 is 1.52 bits per heavy atom. The Labute approximate surface area is 127 Å². The van der Waals surface area contributed by atoms with Crippen molar-refractivity contribution in [3.63, 3.8) is 0 Å². The molecule has 0 atom stereocenters. The second kappa shape index (κ2) is 9.73. The van der Waals surface area contributed by atoms with Gasteiger partial charge in [0.25, 0.3) is 0 Å². The topological polar surface area (TPSA) is 64.1 Å². The van der Waals surface area contributed by atoms with E-state index in [0.29, 0.717) is 6.54 Å². The van der Waals surface area contributed by atoms with E-state index in [1.165, 1.54) is 19.3 Å². The normalized spacial score (nSPS) is 16.9. The van der Waals surface area contributed by atoms with Gasteiger partial charge >= 0.3 is 5.97 Å². The minimum absolute atomic E-state index is 0.0666. The largest absolute Gasteiger partial charge is 0.480 e. The molecule has 1 aliphatic heterocycles. The van der Waals surface area contributed by atoms with E-state index in [0.717, 1.165) is 32.5 Å². The molecule has 1 rings (SSSR count). The highest BCUT2D eigenvalue weighted by Gasteiger charge is 2.19. The van der Waals surface area contributed by atoms with E-state index >= 15 is 0 Å². The highest BCUT2D eigenvalue weighted by molar-refractivity contribution is 5.79. The lowest BCUT2D eigenvalue weighted by atomic mass is 10.1. The number of hydrogen-bond donors (Lipinski definition) is 1. The third-order valence-electron chi connectivity index (χ3n) is 3.79. The molecule has 1 heterocycles. The van der Waals surface area contributed by atoms with Crippen LogP contribution in [0, 0.1) is 0 Å². The average Bonchev–Trinajstić information content (AvgIpc) is 2.34. The zero-order valence-corrected chi connectivity index (χ0v) is 13.4. The van der Waals surface area contributed by atoms with Gasteiger partial charge in [-0.3, -0.25) is 14.5 Å². The summed E-state index contributed by atoms with van der Waals surface area (Å²) in [6, 6.07) is 0. The molecule has 0 saturated carbocycles. The number of hydrogen-bond acceptors (Lipinski definition) is 4. The average molecular weight is 299 g/mol. The smallest absolute Gasteiger partial charge is 0.317 e. The van der Waals surface area contributed by atoms with Crippen molar-refractivity contribution in [2.24, 2.45) is 0 Å². The molecule has 1 saturated heterocycles. The van der Waals surface area contributed by atoms with Crippen LogP contribution in [0.25, 0.3) is 0 Å². The van der Waals surface area contributed by atoms with E-state index in [9.17, 15) is 9.59 Å². The molecule has 0 bridgehead atoms. The fraction of sp³-hybridized carbons (Fsp3) is 0.867. The van der Waals surface area contributed by atoms with Gasteiger partial charge in [-0.1, -0.05) is 19.3 Å². The Morgan fingerprint density at radius 1 is 0.952 bits per heavy atom. The summed E-state index contributed by atoms with van der Waals surface area (Å²) in [5.41, 5.74) is 0. The molecule has 21 heavy (non-hydrogen) atoms. The number of carboxylic acid groups (broad SMARTS) is 1. The summed E-state index contributed by atoms with van der Waals surface area (Å²) in [6.07, 6.45) is 5.74. The van der Waals surface area contributed by atoms with E-state index < -0.39 is 5.97 Å². The Balaban J connectivity index is 2.49. The number of nitrogens with zero attached hydrogens (tertiary/aromatic N) is 3. The van der Waals surface area contributed by atoms with Gasteiger partial charge in [0.15, 0.2) is 0 Å². The number of carboxylic acids is 1. The Morgan fingerprint density at radius 3 is 2.05 bits per heavy atom. The van der Waals surface area contributed by atoms with Crippen LogP contribution in [0.3, 0.4) is 0 Å². The highest BCUT2D eigenvalue weighted by atomic mass is 16.4. The number of rotatable bonds is 7. The zero-order chi connectivity index (χ0) is 15.7. The third-order valence-corrected chi connectivity index (χ3v) is 3.79. The van der Waals surface area contributed by atoms with Crippen molar-refractivity contribution < 1.29 is 14.7 Å². The van der Waals surface area contributed by atoms with Crippen molar-refractivity contribution in [3.05, 3.63) is 0 Å². The summed E-state index contributed by atoms with van der Waals surface area (Å²) < 4.78 is 0. The number of carbonyl (C=O) groups is 2. The van der Waals surface area contributed by atoms with E-state index in [4.69, 9.17) is 5.11 Å². The molecule has 1 N–H and O–H groups in total. The second-order valence-electron chi connectivity index (χ2n) is 6.06. The zero-order valence-electron chi connectivity index (χ0n) is 13.4. The van der Waals surface area contributed by atoms with E-state index in [1.54, 1.807) is 4.90 Å². The molecule has 0 unspecified atom stereocenters. The Kier molecular flexibility index (Phi) is 8.30. The fourth-order valence-electron chi connectivity index (χ4n) is 2.53. The minimum atomic E-state index is -0.880. The number of aliphatic carboxylic acids is 1. The predicted octanol–water partition coefficient (Wildman–Crippen LogP) is 0.727. The van der Waals surface area contributed by atoms with E-state index in [1.807, 2.05) is 23.9 Å². The summed E-state index contributed by atoms with van der Waals surface area (Å²) in [5, 5.41) is 8.97. The van der Waals surface area contributed by atoms with Crippen molar-refractivity contribution >= 4 is 11.9 Å². The first-order valence-corrected chi connectivity index (χ1v) is 7.85. The van der Waals surface area contributed by atoms with Crippen LogP contribution in [0.15, 0.2) is 0 Å². The van der Waals surface area contributed by atoms with Gasteiger partial charge in [-0.25, -0.2) is 0 Å². The van der Waals surface area contributed by atoms with Gasteiger partial charge < -0.3 is 14.9 Å². The molecular formula is C15H29N3O3. The van der Waals surface area contributed by atoms with Crippen molar-refractivity contribution in [1.29, 1.82) is 0 Å². The molecular weight excluding hydrogens is 270 g/mol. The van der Waals surface area contributed by atoms with Crippen molar-refractivity contribution in [1.82, 2.24) is 14.7 Å². The van der Waals surface area contributed by atoms with Crippen LogP contribution in [-0.4, -0.2) is 85.0 Å². The van der Waals surface area contributed by atoms with Gasteiger partial charge in [0.05, 0.1) is 13.1 Å². The number of amides is 1. The highest BCUT2D eigenvalue weighted by Crippen LogP contribution is 2.10. The summed E-state index contributed by atoms with van der Waals surface area (Å²) in [5.74, 6) is -0.814. The SMILES string of the molecule is CN(C)CCN(CC(=O)O)CC(=O)N1CCCCCCC1. The second-order valence-corrected chi connectivity index (χ2v) is 6.06. The van der Waals surface area contributed by atoms with Gasteiger partial charge in [0, 0.05) is 26.2 Å². The first kappa shape index (κ1) is 17.9. The molecule has 122 valence electrons. The maximum atomic E-state index is 12.4. The van der Waals surface area contributed by atoms with Crippen molar-refractivity contribution in [2.75, 3.05) is 53.4 Å². The maximum Gasteiger partial charge on any atom is 0.317 e. The Bertz CT molecular complexity index is 326.